The molecule has 0 aromatic heterocycles. The summed E-state index contributed by atoms with van der Waals surface area (Å²) in [5, 5.41) is 5.87. The number of halogens is 2. The van der Waals surface area contributed by atoms with E-state index in [0.717, 1.165) is 14.5 Å². The van der Waals surface area contributed by atoms with E-state index in [1.165, 1.54) is 0 Å². The van der Waals surface area contributed by atoms with E-state index in [4.69, 9.17) is 0 Å². The van der Waals surface area contributed by atoms with Crippen LogP contribution in [0.3, 0.4) is 0 Å². The van der Waals surface area contributed by atoms with E-state index < -0.39 is 0 Å². The maximum absolute atomic E-state index is 12.6. The first-order chi connectivity index (χ1) is 10.5. The monoisotopic (exact) mass is 418 g/mol. The van der Waals surface area contributed by atoms with Gasteiger partial charge >= 0.3 is 0 Å². The number of nitrogens with one attached hydrogen (secondary N) is 2. The van der Waals surface area contributed by atoms with E-state index in [2.05, 4.69) is 42.5 Å². The molecule has 4 nitrogen and oxygen atoms in total. The molecule has 2 aromatic rings. The van der Waals surface area contributed by atoms with Crippen molar-refractivity contribution in [2.24, 2.45) is 0 Å². The molecule has 1 amide bonds. The summed E-state index contributed by atoms with van der Waals surface area (Å²) >= 11 is 6.76. The number of benzene rings is 2. The van der Waals surface area contributed by atoms with Crippen LogP contribution in [0.5, 0.6) is 0 Å². The summed E-state index contributed by atoms with van der Waals surface area (Å²) in [6, 6.07) is 10.9. The molecule has 4 rings (SSSR count). The Morgan fingerprint density at radius 1 is 0.773 bits per heavy atom. The topological polar surface area (TPSA) is 58.2 Å². The van der Waals surface area contributed by atoms with E-state index in [9.17, 15) is 9.59 Å². The lowest BCUT2D eigenvalue weighted by molar-refractivity contribution is -0.110. The average Bonchev–Trinajstić information content (AvgIpc) is 2.96. The van der Waals surface area contributed by atoms with Crippen LogP contribution in [0.2, 0.25) is 0 Å². The van der Waals surface area contributed by atoms with Gasteiger partial charge in [0.05, 0.1) is 5.57 Å². The summed E-state index contributed by atoms with van der Waals surface area (Å²) in [5.41, 5.74) is 3.42. The summed E-state index contributed by atoms with van der Waals surface area (Å²) < 4.78 is 1.68. The molecule has 0 radical (unpaired) electrons. The van der Waals surface area contributed by atoms with Crippen LogP contribution in [0.15, 0.2) is 51.0 Å². The number of hydrogen-bond acceptors (Lipinski definition) is 3. The normalized spacial score (nSPS) is 18.8. The van der Waals surface area contributed by atoms with Crippen LogP contribution in [0.25, 0.3) is 5.57 Å². The first-order valence-corrected chi connectivity index (χ1v) is 8.10. The molecule has 0 aliphatic carbocycles. The number of allylic oxidation sites excluding steroid dienone is 1. The molecule has 6 heteroatoms. The molecule has 2 aliphatic rings. The van der Waals surface area contributed by atoms with Gasteiger partial charge in [-0.1, -0.05) is 31.9 Å². The SMILES string of the molecule is O=C1Nc2ccc(Br)cc2/C1=C1/Nc2ccc(Br)cc2C1=O. The molecule has 0 unspecified atom stereocenters. The maximum atomic E-state index is 12.6. The lowest BCUT2D eigenvalue weighted by Gasteiger charge is -2.04. The van der Waals surface area contributed by atoms with Crippen molar-refractivity contribution in [3.63, 3.8) is 0 Å². The second kappa shape index (κ2) is 4.79. The van der Waals surface area contributed by atoms with Crippen LogP contribution >= 0.6 is 31.9 Å². The van der Waals surface area contributed by atoms with Gasteiger partial charge in [0.1, 0.15) is 5.70 Å². The number of anilines is 2. The zero-order chi connectivity index (χ0) is 15.4. The lowest BCUT2D eigenvalue weighted by Crippen LogP contribution is -2.11. The average molecular weight is 420 g/mol. The number of carbonyl (C=O) groups excluding carboxylic acids is 2. The predicted octanol–water partition coefficient (Wildman–Crippen LogP) is 4.18. The third-order valence-corrected chi connectivity index (χ3v) is 4.68. The molecular formula is C16H8Br2N2O2. The van der Waals surface area contributed by atoms with Crippen molar-refractivity contribution in [1.82, 2.24) is 0 Å². The molecule has 0 atom stereocenters. The standard InChI is InChI=1S/C16H8Br2N2O2/c17-7-1-3-11-9(5-7)13(16(22)20-11)14-15(21)10-6-8(18)2-4-12(10)19-14/h1-6,19H,(H,20,22)/b14-13-. The van der Waals surface area contributed by atoms with Crippen molar-refractivity contribution in [3.05, 3.63) is 62.2 Å². The van der Waals surface area contributed by atoms with Gasteiger partial charge < -0.3 is 10.6 Å². The third kappa shape index (κ3) is 1.94. The van der Waals surface area contributed by atoms with Crippen molar-refractivity contribution in [1.29, 1.82) is 0 Å². The van der Waals surface area contributed by atoms with Gasteiger partial charge in [-0.3, -0.25) is 9.59 Å². The Balaban J connectivity index is 1.93. The maximum Gasteiger partial charge on any atom is 0.258 e. The van der Waals surface area contributed by atoms with Gasteiger partial charge in [-0.25, -0.2) is 0 Å². The van der Waals surface area contributed by atoms with Gasteiger partial charge in [-0.2, -0.15) is 0 Å². The molecule has 0 bridgehead atoms. The Labute approximate surface area is 142 Å². The molecule has 22 heavy (non-hydrogen) atoms. The molecule has 108 valence electrons. The Morgan fingerprint density at radius 3 is 2.05 bits per heavy atom. The number of amides is 1. The minimum atomic E-state index is -0.268. The molecule has 0 saturated heterocycles. The van der Waals surface area contributed by atoms with Gasteiger partial charge in [0.15, 0.2) is 0 Å². The van der Waals surface area contributed by atoms with Gasteiger partial charge in [0.2, 0.25) is 5.78 Å². The van der Waals surface area contributed by atoms with Crippen LogP contribution in [0.4, 0.5) is 11.4 Å². The highest BCUT2D eigenvalue weighted by Gasteiger charge is 2.35. The van der Waals surface area contributed by atoms with E-state index in [-0.39, 0.29) is 11.7 Å². The van der Waals surface area contributed by atoms with E-state index >= 15 is 0 Å². The zero-order valence-electron chi connectivity index (χ0n) is 11.0. The van der Waals surface area contributed by atoms with Crippen molar-refractivity contribution in [2.75, 3.05) is 10.6 Å². The highest BCUT2D eigenvalue weighted by Crippen LogP contribution is 2.40. The minimum absolute atomic E-state index is 0.172. The molecule has 2 N–H and O–H groups in total. The highest BCUT2D eigenvalue weighted by atomic mass is 79.9. The number of ketones is 1. The fraction of sp³-hybridized carbons (Fsp3) is 0. The first-order valence-electron chi connectivity index (χ1n) is 6.51. The van der Waals surface area contributed by atoms with Gasteiger partial charge in [0.25, 0.3) is 5.91 Å². The van der Waals surface area contributed by atoms with E-state index in [1.54, 1.807) is 6.07 Å². The lowest BCUT2D eigenvalue weighted by atomic mass is 10.0. The van der Waals surface area contributed by atoms with Gasteiger partial charge in [-0.15, -0.1) is 0 Å². The Hall–Kier alpha value is -1.92. The van der Waals surface area contributed by atoms with Crippen molar-refractivity contribution >= 4 is 60.5 Å². The van der Waals surface area contributed by atoms with Crippen molar-refractivity contribution < 1.29 is 9.59 Å². The summed E-state index contributed by atoms with van der Waals surface area (Å²) in [4.78, 5) is 25.0. The quantitative estimate of drug-likeness (QED) is 0.629. The highest BCUT2D eigenvalue weighted by molar-refractivity contribution is 9.10. The van der Waals surface area contributed by atoms with Crippen LogP contribution in [-0.2, 0) is 4.79 Å². The molecule has 0 saturated carbocycles. The Kier molecular flexibility index (Phi) is 2.99. The summed E-state index contributed by atoms with van der Waals surface area (Å²) in [6.07, 6.45) is 0. The fourth-order valence-corrected chi connectivity index (χ4v) is 3.43. The largest absolute Gasteiger partial charge is 0.351 e. The molecular weight excluding hydrogens is 412 g/mol. The summed E-state index contributed by atoms with van der Waals surface area (Å²) in [6.45, 7) is 0. The number of fused-ring (bicyclic) bond motifs is 2. The Bertz CT molecular complexity index is 903. The van der Waals surface area contributed by atoms with E-state index in [0.29, 0.717) is 28.2 Å². The molecule has 2 aromatic carbocycles. The number of Topliss-reactive ketones (excluding diaryl/α,β-unsaturated/α-hetero) is 1. The van der Waals surface area contributed by atoms with Crippen molar-refractivity contribution in [3.8, 4) is 0 Å². The number of carbonyl (C=O) groups is 2. The van der Waals surface area contributed by atoms with Crippen LogP contribution in [0, 0.1) is 0 Å². The van der Waals surface area contributed by atoms with Crippen molar-refractivity contribution in [2.45, 2.75) is 0 Å². The van der Waals surface area contributed by atoms with Gasteiger partial charge in [0, 0.05) is 31.4 Å². The zero-order valence-corrected chi connectivity index (χ0v) is 14.2. The van der Waals surface area contributed by atoms with Crippen LogP contribution < -0.4 is 10.6 Å². The molecule has 0 spiro atoms. The number of hydrogen-bond donors (Lipinski definition) is 2. The smallest absolute Gasteiger partial charge is 0.258 e. The molecule has 2 heterocycles. The van der Waals surface area contributed by atoms with Crippen LogP contribution in [-0.4, -0.2) is 11.7 Å². The van der Waals surface area contributed by atoms with E-state index in [1.807, 2.05) is 30.3 Å². The van der Waals surface area contributed by atoms with Crippen LogP contribution in [0.1, 0.15) is 15.9 Å². The summed E-state index contributed by atoms with van der Waals surface area (Å²) in [7, 11) is 0. The summed E-state index contributed by atoms with van der Waals surface area (Å²) in [5.74, 6) is -0.440. The third-order valence-electron chi connectivity index (χ3n) is 3.69. The fourth-order valence-electron chi connectivity index (χ4n) is 2.70. The molecule has 0 fully saturated rings. The minimum Gasteiger partial charge on any atom is -0.351 e. The Morgan fingerprint density at radius 2 is 1.36 bits per heavy atom. The number of rotatable bonds is 0. The first kappa shape index (κ1) is 13.7. The molecule has 2 aliphatic heterocycles. The second-order valence-electron chi connectivity index (χ2n) is 5.04. The predicted molar refractivity (Wildman–Crippen MR) is 91.8 cm³/mol. The van der Waals surface area contributed by atoms with Gasteiger partial charge in [-0.05, 0) is 36.4 Å². The second-order valence-corrected chi connectivity index (χ2v) is 6.87.